The van der Waals surface area contributed by atoms with Gasteiger partial charge in [0.2, 0.25) is 0 Å². The van der Waals surface area contributed by atoms with Gasteiger partial charge in [0.1, 0.15) is 0 Å². The van der Waals surface area contributed by atoms with Crippen molar-refractivity contribution < 1.29 is 4.74 Å². The van der Waals surface area contributed by atoms with Gasteiger partial charge in [-0.25, -0.2) is 0 Å². The highest BCUT2D eigenvalue weighted by atomic mass is 16.5. The highest BCUT2D eigenvalue weighted by Gasteiger charge is 1.92. The van der Waals surface area contributed by atoms with Gasteiger partial charge in [0, 0.05) is 0 Å². The van der Waals surface area contributed by atoms with Crippen LogP contribution in [0.5, 0.6) is 0 Å². The molecular formula is C17H34O. The van der Waals surface area contributed by atoms with E-state index in [1.807, 2.05) is 13.2 Å². The Hall–Kier alpha value is -0.460. The smallest absolute Gasteiger partial charge is 0.0845 e. The van der Waals surface area contributed by atoms with Crippen LogP contribution in [0.1, 0.15) is 90.9 Å². The molecule has 0 atom stereocenters. The zero-order chi connectivity index (χ0) is 13.3. The molecule has 0 aliphatic heterocycles. The zero-order valence-corrected chi connectivity index (χ0v) is 12.8. The van der Waals surface area contributed by atoms with Gasteiger partial charge in [-0.2, -0.15) is 0 Å². The van der Waals surface area contributed by atoms with Gasteiger partial charge in [0.25, 0.3) is 0 Å². The largest absolute Gasteiger partial charge is 0.502 e. The van der Waals surface area contributed by atoms with Gasteiger partial charge in [0.15, 0.2) is 0 Å². The van der Waals surface area contributed by atoms with Crippen LogP contribution < -0.4 is 0 Å². The number of ether oxygens (including phenoxy) is 1. The summed E-state index contributed by atoms with van der Waals surface area (Å²) in [7, 11) is 0. The predicted octanol–water partition coefficient (Wildman–Crippen LogP) is 6.24. The van der Waals surface area contributed by atoms with E-state index in [2.05, 4.69) is 13.0 Å². The van der Waals surface area contributed by atoms with Gasteiger partial charge < -0.3 is 4.74 Å². The summed E-state index contributed by atoms with van der Waals surface area (Å²) < 4.78 is 5.15. The van der Waals surface area contributed by atoms with Gasteiger partial charge >= 0.3 is 0 Å². The Labute approximate surface area is 115 Å². The van der Waals surface area contributed by atoms with Crippen molar-refractivity contribution in [2.24, 2.45) is 0 Å². The Morgan fingerprint density at radius 1 is 0.667 bits per heavy atom. The predicted molar refractivity (Wildman–Crippen MR) is 81.8 cm³/mol. The molecule has 0 heterocycles. The summed E-state index contributed by atoms with van der Waals surface area (Å²) in [5.41, 5.74) is 0. The second kappa shape index (κ2) is 16.5. The highest BCUT2D eigenvalue weighted by Crippen LogP contribution is 2.11. The first-order valence-corrected chi connectivity index (χ1v) is 8.18. The summed E-state index contributed by atoms with van der Waals surface area (Å²) in [4.78, 5) is 0. The zero-order valence-electron chi connectivity index (χ0n) is 12.8. The van der Waals surface area contributed by atoms with Crippen LogP contribution in [0.2, 0.25) is 0 Å². The van der Waals surface area contributed by atoms with Crippen LogP contribution in [0.15, 0.2) is 12.3 Å². The number of rotatable bonds is 14. The Morgan fingerprint density at radius 2 is 1.17 bits per heavy atom. The van der Waals surface area contributed by atoms with Crippen molar-refractivity contribution in [2.75, 3.05) is 6.61 Å². The molecule has 0 aliphatic carbocycles. The lowest BCUT2D eigenvalue weighted by molar-refractivity contribution is 0.268. The lowest BCUT2D eigenvalue weighted by atomic mass is 10.1. The fraction of sp³-hybridized carbons (Fsp3) is 0.882. The van der Waals surface area contributed by atoms with E-state index in [9.17, 15) is 0 Å². The van der Waals surface area contributed by atoms with Gasteiger partial charge in [0.05, 0.1) is 12.9 Å². The van der Waals surface area contributed by atoms with Crippen molar-refractivity contribution in [1.82, 2.24) is 0 Å². The third-order valence-electron chi connectivity index (χ3n) is 3.33. The van der Waals surface area contributed by atoms with Crippen molar-refractivity contribution >= 4 is 0 Å². The Balaban J connectivity index is 2.94. The average molecular weight is 254 g/mol. The molecule has 0 amide bonds. The molecule has 0 aromatic heterocycles. The van der Waals surface area contributed by atoms with Crippen molar-refractivity contribution in [3.8, 4) is 0 Å². The summed E-state index contributed by atoms with van der Waals surface area (Å²) in [5.74, 6) is 0. The summed E-state index contributed by atoms with van der Waals surface area (Å²) in [5, 5.41) is 0. The molecule has 0 fully saturated rings. The molecule has 0 rings (SSSR count). The molecule has 0 N–H and O–H groups in total. The van der Waals surface area contributed by atoms with Gasteiger partial charge in [-0.1, -0.05) is 71.1 Å². The molecule has 0 aromatic rings. The molecule has 0 aliphatic rings. The topological polar surface area (TPSA) is 9.23 Å². The van der Waals surface area contributed by atoms with Gasteiger partial charge in [-0.3, -0.25) is 0 Å². The molecule has 0 spiro atoms. The van der Waals surface area contributed by atoms with Crippen molar-refractivity contribution in [3.63, 3.8) is 0 Å². The SMILES string of the molecule is CCCCCCCCCCCCCC=COCC. The number of hydrogen-bond donors (Lipinski definition) is 0. The number of unbranched alkanes of at least 4 members (excludes halogenated alkanes) is 11. The van der Waals surface area contributed by atoms with E-state index in [1.165, 1.54) is 77.0 Å². The Bertz CT molecular complexity index is 163. The quantitative estimate of drug-likeness (QED) is 0.263. The minimum atomic E-state index is 0.786. The normalized spacial score (nSPS) is 11.2. The van der Waals surface area contributed by atoms with Crippen LogP contribution in [-0.4, -0.2) is 6.61 Å². The lowest BCUT2D eigenvalue weighted by Crippen LogP contribution is -1.82. The standard InChI is InChI=1S/C17H34O/c1-3-5-6-7-8-9-10-11-12-13-14-15-16-17-18-4-2/h16-17H,3-15H2,1-2H3. The number of hydrogen-bond acceptors (Lipinski definition) is 1. The molecule has 0 bridgehead atoms. The molecule has 0 unspecified atom stereocenters. The molecule has 0 saturated heterocycles. The molecule has 0 radical (unpaired) electrons. The molecule has 108 valence electrons. The third-order valence-corrected chi connectivity index (χ3v) is 3.33. The maximum atomic E-state index is 5.15. The maximum absolute atomic E-state index is 5.15. The fourth-order valence-electron chi connectivity index (χ4n) is 2.16. The van der Waals surface area contributed by atoms with Crippen molar-refractivity contribution in [3.05, 3.63) is 12.3 Å². The van der Waals surface area contributed by atoms with Crippen LogP contribution in [-0.2, 0) is 4.74 Å². The molecule has 0 saturated carbocycles. The van der Waals surface area contributed by atoms with Crippen LogP contribution >= 0.6 is 0 Å². The van der Waals surface area contributed by atoms with E-state index in [1.54, 1.807) is 0 Å². The summed E-state index contributed by atoms with van der Waals surface area (Å²) >= 11 is 0. The fourth-order valence-corrected chi connectivity index (χ4v) is 2.16. The maximum Gasteiger partial charge on any atom is 0.0845 e. The Kier molecular flexibility index (Phi) is 16.1. The Morgan fingerprint density at radius 3 is 1.67 bits per heavy atom. The van der Waals surface area contributed by atoms with Crippen molar-refractivity contribution in [2.45, 2.75) is 90.9 Å². The second-order valence-corrected chi connectivity index (χ2v) is 5.15. The van der Waals surface area contributed by atoms with E-state index in [0.717, 1.165) is 6.61 Å². The van der Waals surface area contributed by atoms with Crippen LogP contribution in [0, 0.1) is 0 Å². The first-order chi connectivity index (χ1) is 8.91. The lowest BCUT2D eigenvalue weighted by Gasteiger charge is -2.01. The first-order valence-electron chi connectivity index (χ1n) is 8.18. The van der Waals surface area contributed by atoms with Gasteiger partial charge in [-0.15, -0.1) is 0 Å². The molecular weight excluding hydrogens is 220 g/mol. The van der Waals surface area contributed by atoms with E-state index >= 15 is 0 Å². The van der Waals surface area contributed by atoms with Crippen LogP contribution in [0.25, 0.3) is 0 Å². The minimum absolute atomic E-state index is 0.786. The molecule has 1 heteroatoms. The monoisotopic (exact) mass is 254 g/mol. The number of allylic oxidation sites excluding steroid dienone is 1. The average Bonchev–Trinajstić information content (AvgIpc) is 2.39. The second-order valence-electron chi connectivity index (χ2n) is 5.15. The third kappa shape index (κ3) is 15.5. The van der Waals surface area contributed by atoms with Crippen LogP contribution in [0.3, 0.4) is 0 Å². The van der Waals surface area contributed by atoms with E-state index < -0.39 is 0 Å². The summed E-state index contributed by atoms with van der Waals surface area (Å²) in [6.07, 6.45) is 20.8. The van der Waals surface area contributed by atoms with E-state index in [0.29, 0.717) is 0 Å². The first kappa shape index (κ1) is 17.5. The van der Waals surface area contributed by atoms with E-state index in [4.69, 9.17) is 4.74 Å². The highest BCUT2D eigenvalue weighted by molar-refractivity contribution is 4.72. The van der Waals surface area contributed by atoms with Crippen molar-refractivity contribution in [1.29, 1.82) is 0 Å². The van der Waals surface area contributed by atoms with Crippen LogP contribution in [0.4, 0.5) is 0 Å². The molecule has 1 nitrogen and oxygen atoms in total. The summed E-state index contributed by atoms with van der Waals surface area (Å²) in [6.45, 7) is 5.09. The molecule has 0 aromatic carbocycles. The van der Waals surface area contributed by atoms with Gasteiger partial charge in [-0.05, 0) is 25.8 Å². The minimum Gasteiger partial charge on any atom is -0.502 e. The molecule has 18 heavy (non-hydrogen) atoms. The van der Waals surface area contributed by atoms with E-state index in [-0.39, 0.29) is 0 Å². The summed E-state index contributed by atoms with van der Waals surface area (Å²) in [6, 6.07) is 0.